The second-order valence-electron chi connectivity index (χ2n) is 6.06. The van der Waals surface area contributed by atoms with Crippen LogP contribution in [0, 0.1) is 0 Å². The number of halogens is 1. The van der Waals surface area contributed by atoms with E-state index in [2.05, 4.69) is 46.8 Å². The highest BCUT2D eigenvalue weighted by atomic mass is 127. The Bertz CT molecular complexity index is 702. The fourth-order valence-corrected chi connectivity index (χ4v) is 2.50. The largest absolute Gasteiger partial charge is 0.366 e. The first-order valence-electron chi connectivity index (χ1n) is 8.48. The van der Waals surface area contributed by atoms with E-state index >= 15 is 0 Å². The maximum absolute atomic E-state index is 11.1. The molecule has 1 unspecified atom stereocenters. The molecule has 0 aliphatic carbocycles. The molecule has 5 nitrogen and oxygen atoms in total. The van der Waals surface area contributed by atoms with Crippen LogP contribution in [0.4, 0.5) is 0 Å². The van der Waals surface area contributed by atoms with Gasteiger partial charge in [-0.3, -0.25) is 9.79 Å². The molecule has 4 N–H and O–H groups in total. The van der Waals surface area contributed by atoms with Crippen LogP contribution in [0.5, 0.6) is 0 Å². The van der Waals surface area contributed by atoms with Gasteiger partial charge in [0.15, 0.2) is 5.96 Å². The Morgan fingerprint density at radius 3 is 2.31 bits per heavy atom. The van der Waals surface area contributed by atoms with Crippen molar-refractivity contribution in [3.8, 4) is 0 Å². The van der Waals surface area contributed by atoms with E-state index in [1.54, 1.807) is 19.2 Å². The molecule has 0 heterocycles. The number of rotatable bonds is 7. The monoisotopic (exact) mass is 466 g/mol. The lowest BCUT2D eigenvalue weighted by molar-refractivity contribution is 0.100. The molecule has 0 saturated carbocycles. The number of carbonyl (C=O) groups is 1. The smallest absolute Gasteiger partial charge is 0.248 e. The van der Waals surface area contributed by atoms with E-state index in [0.717, 1.165) is 24.4 Å². The SMILES string of the molecule is CN=C(NCc1ccc(C(N)=O)cc1)NC(C)CCc1ccccc1.I. The van der Waals surface area contributed by atoms with Crippen LogP contribution in [-0.2, 0) is 13.0 Å². The zero-order valence-corrected chi connectivity index (χ0v) is 17.6. The predicted molar refractivity (Wildman–Crippen MR) is 118 cm³/mol. The minimum absolute atomic E-state index is 0. The van der Waals surface area contributed by atoms with E-state index in [1.165, 1.54) is 5.56 Å². The van der Waals surface area contributed by atoms with E-state index < -0.39 is 5.91 Å². The third-order valence-electron chi connectivity index (χ3n) is 4.01. The van der Waals surface area contributed by atoms with Gasteiger partial charge in [0.25, 0.3) is 0 Å². The van der Waals surface area contributed by atoms with E-state index in [-0.39, 0.29) is 24.0 Å². The van der Waals surface area contributed by atoms with E-state index in [0.29, 0.717) is 18.2 Å². The summed E-state index contributed by atoms with van der Waals surface area (Å²) in [4.78, 5) is 15.4. The molecule has 0 saturated heterocycles. The molecule has 0 fully saturated rings. The number of benzene rings is 2. The summed E-state index contributed by atoms with van der Waals surface area (Å²) < 4.78 is 0. The Balaban J connectivity index is 0.00000338. The molecule has 0 aliphatic rings. The van der Waals surface area contributed by atoms with Crippen LogP contribution in [-0.4, -0.2) is 25.0 Å². The minimum atomic E-state index is -0.413. The van der Waals surface area contributed by atoms with Crippen LogP contribution in [0.15, 0.2) is 59.6 Å². The molecular formula is C20H27IN4O. The average molecular weight is 466 g/mol. The van der Waals surface area contributed by atoms with Crippen LogP contribution >= 0.6 is 24.0 Å². The quantitative estimate of drug-likeness (QED) is 0.334. The van der Waals surface area contributed by atoms with Gasteiger partial charge in [-0.2, -0.15) is 0 Å². The van der Waals surface area contributed by atoms with Gasteiger partial charge in [-0.05, 0) is 43.0 Å². The van der Waals surface area contributed by atoms with Crippen molar-refractivity contribution in [2.24, 2.45) is 10.7 Å². The van der Waals surface area contributed by atoms with Gasteiger partial charge in [0, 0.05) is 25.2 Å². The lowest BCUT2D eigenvalue weighted by Crippen LogP contribution is -2.42. The summed E-state index contributed by atoms with van der Waals surface area (Å²) in [6.45, 7) is 2.78. The second-order valence-corrected chi connectivity index (χ2v) is 6.06. The van der Waals surface area contributed by atoms with Crippen LogP contribution < -0.4 is 16.4 Å². The summed E-state index contributed by atoms with van der Waals surface area (Å²) in [5.41, 5.74) is 8.17. The maximum Gasteiger partial charge on any atom is 0.248 e. The van der Waals surface area contributed by atoms with Crippen molar-refractivity contribution < 1.29 is 4.79 Å². The van der Waals surface area contributed by atoms with Crippen LogP contribution in [0.25, 0.3) is 0 Å². The molecule has 1 amide bonds. The number of hydrogen-bond acceptors (Lipinski definition) is 2. The standard InChI is InChI=1S/C20H26N4O.HI/c1-15(8-9-16-6-4-3-5-7-16)24-20(22-2)23-14-17-10-12-18(13-11-17)19(21)25;/h3-7,10-13,15H,8-9,14H2,1-2H3,(H2,21,25)(H2,22,23,24);1H. The summed E-state index contributed by atoms with van der Waals surface area (Å²) in [6.07, 6.45) is 2.05. The molecule has 6 heteroatoms. The van der Waals surface area contributed by atoms with Crippen molar-refractivity contribution in [2.75, 3.05) is 7.05 Å². The summed E-state index contributed by atoms with van der Waals surface area (Å²) in [6, 6.07) is 18.0. The Morgan fingerprint density at radius 2 is 1.73 bits per heavy atom. The second kappa shape index (κ2) is 11.5. The van der Waals surface area contributed by atoms with Gasteiger partial charge in [-0.1, -0.05) is 42.5 Å². The zero-order valence-electron chi connectivity index (χ0n) is 15.2. The number of nitrogens with zero attached hydrogens (tertiary/aromatic N) is 1. The van der Waals surface area contributed by atoms with E-state index in [9.17, 15) is 4.79 Å². The number of carbonyl (C=O) groups excluding carboxylic acids is 1. The zero-order chi connectivity index (χ0) is 18.1. The Morgan fingerprint density at radius 1 is 1.08 bits per heavy atom. The van der Waals surface area contributed by atoms with Gasteiger partial charge in [0.05, 0.1) is 0 Å². The predicted octanol–water partition coefficient (Wildman–Crippen LogP) is 3.09. The summed E-state index contributed by atoms with van der Waals surface area (Å²) in [7, 11) is 1.76. The van der Waals surface area contributed by atoms with Crippen LogP contribution in [0.2, 0.25) is 0 Å². The molecule has 0 radical (unpaired) electrons. The van der Waals surface area contributed by atoms with Gasteiger partial charge in [-0.15, -0.1) is 24.0 Å². The molecule has 0 bridgehead atoms. The van der Waals surface area contributed by atoms with Crippen molar-refractivity contribution in [2.45, 2.75) is 32.4 Å². The highest BCUT2D eigenvalue weighted by molar-refractivity contribution is 14.0. The molecule has 0 aliphatic heterocycles. The number of guanidine groups is 1. The minimum Gasteiger partial charge on any atom is -0.366 e. The molecule has 2 rings (SSSR count). The van der Waals surface area contributed by atoms with Crippen molar-refractivity contribution in [1.82, 2.24) is 10.6 Å². The van der Waals surface area contributed by atoms with Gasteiger partial charge in [-0.25, -0.2) is 0 Å². The molecule has 2 aromatic carbocycles. The van der Waals surface area contributed by atoms with Crippen molar-refractivity contribution in [3.05, 3.63) is 71.3 Å². The molecule has 1 atom stereocenters. The van der Waals surface area contributed by atoms with Crippen molar-refractivity contribution in [1.29, 1.82) is 0 Å². The number of hydrogen-bond donors (Lipinski definition) is 3. The molecule has 0 aromatic heterocycles. The van der Waals surface area contributed by atoms with E-state index in [4.69, 9.17) is 5.73 Å². The van der Waals surface area contributed by atoms with Crippen LogP contribution in [0.3, 0.4) is 0 Å². The lowest BCUT2D eigenvalue weighted by atomic mass is 10.1. The topological polar surface area (TPSA) is 79.5 Å². The average Bonchev–Trinajstić information content (AvgIpc) is 2.64. The number of nitrogens with two attached hydrogens (primary N) is 1. The van der Waals surface area contributed by atoms with Gasteiger partial charge in [0.2, 0.25) is 5.91 Å². The van der Waals surface area contributed by atoms with Crippen molar-refractivity contribution in [3.63, 3.8) is 0 Å². The molecule has 0 spiro atoms. The van der Waals surface area contributed by atoms with Crippen LogP contribution in [0.1, 0.15) is 34.8 Å². The number of amides is 1. The number of aliphatic imine (C=N–C) groups is 1. The molecule has 26 heavy (non-hydrogen) atoms. The first kappa shape index (κ1) is 22.0. The fourth-order valence-electron chi connectivity index (χ4n) is 2.50. The Kier molecular flexibility index (Phi) is 9.72. The third-order valence-corrected chi connectivity index (χ3v) is 4.01. The first-order valence-corrected chi connectivity index (χ1v) is 8.48. The van der Waals surface area contributed by atoms with Gasteiger partial charge in [0.1, 0.15) is 0 Å². The van der Waals surface area contributed by atoms with Gasteiger partial charge < -0.3 is 16.4 Å². The molecule has 2 aromatic rings. The molecular weight excluding hydrogens is 439 g/mol. The molecule has 140 valence electrons. The highest BCUT2D eigenvalue weighted by Gasteiger charge is 2.06. The summed E-state index contributed by atoms with van der Waals surface area (Å²) in [5.74, 6) is 0.351. The summed E-state index contributed by atoms with van der Waals surface area (Å²) >= 11 is 0. The number of primary amides is 1. The maximum atomic E-state index is 11.1. The first-order chi connectivity index (χ1) is 12.1. The number of nitrogens with one attached hydrogen (secondary N) is 2. The number of aryl methyl sites for hydroxylation is 1. The normalized spacial score (nSPS) is 12.0. The third kappa shape index (κ3) is 7.43. The van der Waals surface area contributed by atoms with Crippen molar-refractivity contribution >= 4 is 35.8 Å². The Labute approximate surface area is 172 Å². The summed E-state index contributed by atoms with van der Waals surface area (Å²) in [5, 5.41) is 6.69. The highest BCUT2D eigenvalue weighted by Crippen LogP contribution is 2.05. The van der Waals surface area contributed by atoms with E-state index in [1.807, 2.05) is 18.2 Å². The fraction of sp³-hybridized carbons (Fsp3) is 0.300. The lowest BCUT2D eigenvalue weighted by Gasteiger charge is -2.18. The Hall–Kier alpha value is -2.09. The van der Waals surface area contributed by atoms with Gasteiger partial charge >= 0.3 is 0 Å².